The Kier molecular flexibility index (Phi) is 6.55. The lowest BCUT2D eigenvalue weighted by Crippen LogP contribution is -2.47. The van der Waals surface area contributed by atoms with Crippen LogP contribution in [0, 0.1) is 0 Å². The summed E-state index contributed by atoms with van der Waals surface area (Å²) in [6.45, 7) is 7.43. The summed E-state index contributed by atoms with van der Waals surface area (Å²) >= 11 is 0. The number of hydrogen-bond donors (Lipinski definition) is 1. The molecule has 1 N–H and O–H groups in total. The van der Waals surface area contributed by atoms with Gasteiger partial charge in [0.15, 0.2) is 9.84 Å². The Morgan fingerprint density at radius 3 is 2.78 bits per heavy atom. The molecule has 2 unspecified atom stereocenters. The smallest absolute Gasteiger partial charge is 0.153 e. The van der Waals surface area contributed by atoms with Gasteiger partial charge in [-0.05, 0) is 19.9 Å². The van der Waals surface area contributed by atoms with Crippen LogP contribution in [0.2, 0.25) is 0 Å². The third-order valence-electron chi connectivity index (χ3n) is 3.50. The van der Waals surface area contributed by atoms with Crippen molar-refractivity contribution in [3.8, 4) is 0 Å². The van der Waals surface area contributed by atoms with E-state index in [1.807, 2.05) is 0 Å². The van der Waals surface area contributed by atoms with Crippen LogP contribution in [0.15, 0.2) is 0 Å². The van der Waals surface area contributed by atoms with Crippen LogP contribution in [0.25, 0.3) is 0 Å². The first-order valence-corrected chi connectivity index (χ1v) is 8.47. The van der Waals surface area contributed by atoms with E-state index < -0.39 is 9.84 Å². The summed E-state index contributed by atoms with van der Waals surface area (Å²) in [5, 5.41) is 3.29. The van der Waals surface area contributed by atoms with Gasteiger partial charge >= 0.3 is 0 Å². The average Bonchev–Trinajstić information content (AvgIpc) is 2.29. The molecule has 0 aromatic rings. The molecule has 5 nitrogen and oxygen atoms in total. The molecule has 2 atom stereocenters. The minimum Gasteiger partial charge on any atom is -0.383 e. The van der Waals surface area contributed by atoms with E-state index in [1.165, 1.54) is 0 Å². The maximum Gasteiger partial charge on any atom is 0.153 e. The number of methoxy groups -OCH3 is 1. The highest BCUT2D eigenvalue weighted by atomic mass is 32.2. The van der Waals surface area contributed by atoms with E-state index in [2.05, 4.69) is 24.1 Å². The van der Waals surface area contributed by atoms with Gasteiger partial charge in [0.2, 0.25) is 0 Å². The molecule has 1 rings (SSSR count). The highest BCUT2D eigenvalue weighted by Gasteiger charge is 2.24. The van der Waals surface area contributed by atoms with Crippen LogP contribution in [-0.4, -0.2) is 70.3 Å². The molecule has 0 amide bonds. The van der Waals surface area contributed by atoms with Crippen molar-refractivity contribution in [1.82, 2.24) is 10.2 Å². The van der Waals surface area contributed by atoms with E-state index in [-0.39, 0.29) is 17.5 Å². The molecular formula is C12H26N2O3S. The molecular weight excluding hydrogens is 252 g/mol. The van der Waals surface area contributed by atoms with Crippen molar-refractivity contribution in [3.05, 3.63) is 0 Å². The SMILES string of the molecule is CCN(CCC1CS(=O)(=O)CCN1)C(C)COC. The molecule has 0 spiro atoms. The Balaban J connectivity index is 2.38. The Morgan fingerprint density at radius 2 is 2.22 bits per heavy atom. The molecule has 0 aromatic heterocycles. The van der Waals surface area contributed by atoms with Crippen molar-refractivity contribution in [1.29, 1.82) is 0 Å². The summed E-state index contributed by atoms with van der Waals surface area (Å²) in [4.78, 5) is 2.33. The molecule has 18 heavy (non-hydrogen) atoms. The molecule has 1 aliphatic heterocycles. The van der Waals surface area contributed by atoms with Gasteiger partial charge in [-0.3, -0.25) is 4.90 Å². The first-order valence-electron chi connectivity index (χ1n) is 6.65. The highest BCUT2D eigenvalue weighted by Crippen LogP contribution is 2.08. The van der Waals surface area contributed by atoms with Gasteiger partial charge in [-0.1, -0.05) is 6.92 Å². The topological polar surface area (TPSA) is 58.6 Å². The van der Waals surface area contributed by atoms with E-state index in [1.54, 1.807) is 7.11 Å². The summed E-state index contributed by atoms with van der Waals surface area (Å²) in [6, 6.07) is 0.479. The molecule has 6 heteroatoms. The van der Waals surface area contributed by atoms with Crippen LogP contribution in [0.4, 0.5) is 0 Å². The standard InChI is InChI=1S/C12H26N2O3S/c1-4-14(11(2)9-17-3)7-5-12-10-18(15,16)8-6-13-12/h11-13H,4-10H2,1-3H3. The first-order chi connectivity index (χ1) is 8.48. The number of ether oxygens (including phenoxy) is 1. The fraction of sp³-hybridized carbons (Fsp3) is 1.00. The Bertz CT molecular complexity index is 332. The summed E-state index contributed by atoms with van der Waals surface area (Å²) in [7, 11) is -1.11. The van der Waals surface area contributed by atoms with Crippen LogP contribution in [-0.2, 0) is 14.6 Å². The van der Waals surface area contributed by atoms with E-state index in [0.717, 1.165) is 19.5 Å². The second-order valence-electron chi connectivity index (χ2n) is 4.99. The molecule has 108 valence electrons. The number of likely N-dealkylation sites (N-methyl/N-ethyl adjacent to an activating group) is 1. The third-order valence-corrected chi connectivity index (χ3v) is 5.24. The van der Waals surface area contributed by atoms with Crippen molar-refractivity contribution in [2.75, 3.05) is 44.9 Å². The van der Waals surface area contributed by atoms with E-state index in [9.17, 15) is 8.42 Å². The Hall–Kier alpha value is -0.170. The lowest BCUT2D eigenvalue weighted by atomic mass is 10.2. The maximum atomic E-state index is 11.5. The zero-order chi connectivity index (χ0) is 13.6. The first kappa shape index (κ1) is 15.9. The predicted octanol–water partition coefficient (Wildman–Crippen LogP) is 0.120. The number of nitrogens with one attached hydrogen (secondary N) is 1. The molecule has 0 bridgehead atoms. The molecule has 0 aliphatic carbocycles. The largest absolute Gasteiger partial charge is 0.383 e. The van der Waals surface area contributed by atoms with Crippen LogP contribution >= 0.6 is 0 Å². The zero-order valence-corrected chi connectivity index (χ0v) is 12.5. The highest BCUT2D eigenvalue weighted by molar-refractivity contribution is 7.91. The van der Waals surface area contributed by atoms with Crippen molar-refractivity contribution >= 4 is 9.84 Å². The quantitative estimate of drug-likeness (QED) is 0.717. The number of sulfone groups is 1. The van der Waals surface area contributed by atoms with Crippen LogP contribution < -0.4 is 5.32 Å². The number of nitrogens with zero attached hydrogens (tertiary/aromatic N) is 1. The van der Waals surface area contributed by atoms with Gasteiger partial charge in [0.05, 0.1) is 18.1 Å². The van der Waals surface area contributed by atoms with Gasteiger partial charge in [0.1, 0.15) is 0 Å². The van der Waals surface area contributed by atoms with Crippen molar-refractivity contribution in [2.45, 2.75) is 32.4 Å². The molecule has 0 aromatic carbocycles. The van der Waals surface area contributed by atoms with Crippen LogP contribution in [0.3, 0.4) is 0 Å². The fourth-order valence-electron chi connectivity index (χ4n) is 2.41. The predicted molar refractivity (Wildman–Crippen MR) is 73.6 cm³/mol. The van der Waals surface area contributed by atoms with Gasteiger partial charge in [-0.2, -0.15) is 0 Å². The van der Waals surface area contributed by atoms with Crippen molar-refractivity contribution < 1.29 is 13.2 Å². The van der Waals surface area contributed by atoms with Crippen LogP contribution in [0.1, 0.15) is 20.3 Å². The molecule has 1 saturated heterocycles. The summed E-state index contributed by atoms with van der Waals surface area (Å²) in [5.41, 5.74) is 0. The lowest BCUT2D eigenvalue weighted by Gasteiger charge is -2.30. The second-order valence-corrected chi connectivity index (χ2v) is 7.22. The Morgan fingerprint density at radius 1 is 1.50 bits per heavy atom. The third kappa shape index (κ3) is 5.22. The van der Waals surface area contributed by atoms with Crippen molar-refractivity contribution in [3.63, 3.8) is 0 Å². The van der Waals surface area contributed by atoms with E-state index in [4.69, 9.17) is 4.74 Å². The van der Waals surface area contributed by atoms with E-state index >= 15 is 0 Å². The Labute approximate surface area is 111 Å². The number of rotatable bonds is 7. The van der Waals surface area contributed by atoms with Gasteiger partial charge in [0.25, 0.3) is 0 Å². The molecule has 0 saturated carbocycles. The summed E-state index contributed by atoms with van der Waals surface area (Å²) < 4.78 is 28.2. The minimum absolute atomic E-state index is 0.104. The molecule has 1 aliphatic rings. The van der Waals surface area contributed by atoms with Gasteiger partial charge in [0, 0.05) is 32.3 Å². The lowest BCUT2D eigenvalue weighted by molar-refractivity contribution is 0.100. The fourth-order valence-corrected chi connectivity index (χ4v) is 3.90. The van der Waals surface area contributed by atoms with Gasteiger partial charge in [-0.15, -0.1) is 0 Å². The maximum absolute atomic E-state index is 11.5. The summed E-state index contributed by atoms with van der Waals surface area (Å²) in [6.07, 6.45) is 0.876. The second kappa shape index (κ2) is 7.43. The normalized spacial score (nSPS) is 25.2. The van der Waals surface area contributed by atoms with E-state index in [0.29, 0.717) is 19.2 Å². The minimum atomic E-state index is -2.82. The monoisotopic (exact) mass is 278 g/mol. The number of hydrogen-bond acceptors (Lipinski definition) is 5. The molecule has 0 radical (unpaired) electrons. The van der Waals surface area contributed by atoms with Crippen LogP contribution in [0.5, 0.6) is 0 Å². The van der Waals surface area contributed by atoms with Gasteiger partial charge in [-0.25, -0.2) is 8.42 Å². The average molecular weight is 278 g/mol. The molecule has 1 heterocycles. The summed E-state index contributed by atoms with van der Waals surface area (Å²) in [5.74, 6) is 0.560. The van der Waals surface area contributed by atoms with Crippen molar-refractivity contribution in [2.24, 2.45) is 0 Å². The van der Waals surface area contributed by atoms with Gasteiger partial charge < -0.3 is 10.1 Å². The zero-order valence-electron chi connectivity index (χ0n) is 11.7. The molecule has 1 fully saturated rings.